The third-order valence-electron chi connectivity index (χ3n) is 2.56. The Labute approximate surface area is 124 Å². The molecule has 0 unspecified atom stereocenters. The Morgan fingerprint density at radius 3 is 2.35 bits per heavy atom. The van der Waals surface area contributed by atoms with Gasteiger partial charge in [0.15, 0.2) is 0 Å². The van der Waals surface area contributed by atoms with Crippen LogP contribution in [0.25, 0.3) is 0 Å². The van der Waals surface area contributed by atoms with Gasteiger partial charge in [-0.2, -0.15) is 0 Å². The number of hydrogen-bond acceptors (Lipinski definition) is 2. The number of nitrogens with one attached hydrogen (secondary N) is 1. The van der Waals surface area contributed by atoms with Crippen molar-refractivity contribution in [1.29, 1.82) is 0 Å². The molecule has 0 heterocycles. The van der Waals surface area contributed by atoms with Crippen LogP contribution in [0.1, 0.15) is 10.4 Å². The van der Waals surface area contributed by atoms with Crippen LogP contribution in [0.4, 0.5) is 10.1 Å². The Bertz CT molecular complexity index is 569. The minimum absolute atomic E-state index is 0.247. The molecule has 0 saturated heterocycles. The summed E-state index contributed by atoms with van der Waals surface area (Å²) < 4.78 is 18.2. The molecule has 0 atom stereocenters. The molecule has 0 aliphatic carbocycles. The molecule has 2 rings (SSSR count). The minimum atomic E-state index is -0.337. The number of alkyl halides is 1. The summed E-state index contributed by atoms with van der Waals surface area (Å²) in [5.41, 5.74) is 1.07. The van der Waals surface area contributed by atoms with Crippen LogP contribution in [0.15, 0.2) is 48.5 Å². The van der Waals surface area contributed by atoms with Crippen LogP contribution < -0.4 is 10.1 Å². The van der Waals surface area contributed by atoms with Crippen molar-refractivity contribution in [2.75, 3.05) is 17.3 Å². The molecule has 0 radical (unpaired) electrons. The highest BCUT2D eigenvalue weighted by Gasteiger charge is 2.06. The average Bonchev–Trinajstić information content (AvgIpc) is 2.48. The fourth-order valence-corrected chi connectivity index (χ4v) is 1.76. The predicted molar refractivity (Wildman–Crippen MR) is 80.1 cm³/mol. The summed E-state index contributed by atoms with van der Waals surface area (Å²) in [5, 5.41) is 3.44. The number of carbonyl (C=O) groups is 1. The van der Waals surface area contributed by atoms with Crippen molar-refractivity contribution in [3.8, 4) is 5.75 Å². The first kappa shape index (κ1) is 14.5. The van der Waals surface area contributed by atoms with E-state index in [2.05, 4.69) is 21.2 Å². The molecule has 0 aromatic heterocycles. The van der Waals surface area contributed by atoms with E-state index in [1.54, 1.807) is 24.3 Å². The first-order valence-electron chi connectivity index (χ1n) is 6.05. The Morgan fingerprint density at radius 2 is 1.75 bits per heavy atom. The summed E-state index contributed by atoms with van der Waals surface area (Å²) in [4.78, 5) is 12.0. The van der Waals surface area contributed by atoms with Gasteiger partial charge in [-0.1, -0.05) is 15.9 Å². The van der Waals surface area contributed by atoms with Crippen LogP contribution in [0.2, 0.25) is 0 Å². The third kappa shape index (κ3) is 4.06. The maximum absolute atomic E-state index is 12.8. The van der Waals surface area contributed by atoms with E-state index in [0.717, 1.165) is 5.33 Å². The quantitative estimate of drug-likeness (QED) is 0.841. The second-order valence-electron chi connectivity index (χ2n) is 4.02. The van der Waals surface area contributed by atoms with E-state index in [1.807, 2.05) is 0 Å². The van der Waals surface area contributed by atoms with Gasteiger partial charge in [-0.25, -0.2) is 4.39 Å². The van der Waals surface area contributed by atoms with E-state index in [1.165, 1.54) is 24.3 Å². The third-order valence-corrected chi connectivity index (χ3v) is 2.89. The first-order chi connectivity index (χ1) is 9.69. The van der Waals surface area contributed by atoms with Crippen LogP contribution in [-0.2, 0) is 0 Å². The Balaban J connectivity index is 2.00. The number of anilines is 1. The topological polar surface area (TPSA) is 38.3 Å². The summed E-state index contributed by atoms with van der Waals surface area (Å²) in [7, 11) is 0. The summed E-state index contributed by atoms with van der Waals surface area (Å²) in [6.07, 6.45) is 0. The average molecular weight is 338 g/mol. The van der Waals surface area contributed by atoms with Gasteiger partial charge < -0.3 is 10.1 Å². The van der Waals surface area contributed by atoms with Crippen molar-refractivity contribution < 1.29 is 13.9 Å². The number of rotatable bonds is 5. The van der Waals surface area contributed by atoms with E-state index < -0.39 is 0 Å². The molecule has 0 aliphatic rings. The molecule has 1 amide bonds. The molecule has 2 aromatic carbocycles. The molecular formula is C15H13BrFNO2. The maximum atomic E-state index is 12.8. The molecule has 0 saturated carbocycles. The number of halogens is 2. The van der Waals surface area contributed by atoms with E-state index in [9.17, 15) is 9.18 Å². The molecule has 0 aliphatic heterocycles. The predicted octanol–water partition coefficient (Wildman–Crippen LogP) is 3.85. The van der Waals surface area contributed by atoms with Crippen molar-refractivity contribution in [3.05, 3.63) is 59.9 Å². The molecule has 1 N–H and O–H groups in total. The minimum Gasteiger partial charge on any atom is -0.493 e. The second-order valence-corrected chi connectivity index (χ2v) is 4.82. The second kappa shape index (κ2) is 7.05. The number of ether oxygens (including phenoxy) is 1. The van der Waals surface area contributed by atoms with Gasteiger partial charge in [0.25, 0.3) is 5.91 Å². The van der Waals surface area contributed by atoms with E-state index in [-0.39, 0.29) is 11.7 Å². The van der Waals surface area contributed by atoms with Gasteiger partial charge in [-0.15, -0.1) is 0 Å². The Morgan fingerprint density at radius 1 is 1.10 bits per heavy atom. The van der Waals surface area contributed by atoms with Gasteiger partial charge in [0.05, 0.1) is 6.61 Å². The van der Waals surface area contributed by atoms with Crippen molar-refractivity contribution >= 4 is 27.5 Å². The summed E-state index contributed by atoms with van der Waals surface area (Å²) >= 11 is 3.27. The largest absolute Gasteiger partial charge is 0.493 e. The molecule has 5 heteroatoms. The SMILES string of the molecule is O=C(Nc1ccc(F)cc1)c1ccc(OCCBr)cc1. The van der Waals surface area contributed by atoms with Crippen molar-refractivity contribution in [1.82, 2.24) is 0 Å². The fraction of sp³-hybridized carbons (Fsp3) is 0.133. The normalized spacial score (nSPS) is 10.1. The van der Waals surface area contributed by atoms with Crippen LogP contribution in [0, 0.1) is 5.82 Å². The lowest BCUT2D eigenvalue weighted by Crippen LogP contribution is -2.11. The van der Waals surface area contributed by atoms with E-state index >= 15 is 0 Å². The molecule has 2 aromatic rings. The number of amides is 1. The van der Waals surface area contributed by atoms with Gasteiger partial charge in [0.1, 0.15) is 11.6 Å². The summed E-state index contributed by atoms with van der Waals surface area (Å²) in [5.74, 6) is 0.128. The van der Waals surface area contributed by atoms with Crippen LogP contribution in [-0.4, -0.2) is 17.8 Å². The molecule has 0 fully saturated rings. The zero-order valence-electron chi connectivity index (χ0n) is 10.6. The highest BCUT2D eigenvalue weighted by atomic mass is 79.9. The summed E-state index contributed by atoms with van der Waals surface area (Å²) in [6, 6.07) is 12.5. The van der Waals surface area contributed by atoms with Crippen molar-refractivity contribution in [2.45, 2.75) is 0 Å². The van der Waals surface area contributed by atoms with Gasteiger partial charge in [0, 0.05) is 16.6 Å². The van der Waals surface area contributed by atoms with Gasteiger partial charge in [-0.05, 0) is 48.5 Å². The Kier molecular flexibility index (Phi) is 5.12. The van der Waals surface area contributed by atoms with E-state index in [4.69, 9.17) is 4.74 Å². The number of carbonyl (C=O) groups excluding carboxylic acids is 1. The standard InChI is InChI=1S/C15H13BrFNO2/c16-9-10-20-14-7-1-11(2-8-14)15(19)18-13-5-3-12(17)4-6-13/h1-8H,9-10H2,(H,18,19). The summed E-state index contributed by atoms with van der Waals surface area (Å²) in [6.45, 7) is 0.571. The van der Waals surface area contributed by atoms with Crippen LogP contribution in [0.5, 0.6) is 5.75 Å². The molecule has 0 bridgehead atoms. The number of benzene rings is 2. The maximum Gasteiger partial charge on any atom is 0.255 e. The smallest absolute Gasteiger partial charge is 0.255 e. The van der Waals surface area contributed by atoms with Gasteiger partial charge in [0.2, 0.25) is 0 Å². The van der Waals surface area contributed by atoms with Gasteiger partial charge >= 0.3 is 0 Å². The van der Waals surface area contributed by atoms with Crippen LogP contribution in [0.3, 0.4) is 0 Å². The number of hydrogen-bond donors (Lipinski definition) is 1. The van der Waals surface area contributed by atoms with E-state index in [0.29, 0.717) is 23.6 Å². The lowest BCUT2D eigenvalue weighted by atomic mass is 10.2. The lowest BCUT2D eigenvalue weighted by Gasteiger charge is -2.07. The van der Waals surface area contributed by atoms with Gasteiger partial charge in [-0.3, -0.25) is 4.79 Å². The zero-order chi connectivity index (χ0) is 14.4. The highest BCUT2D eigenvalue weighted by molar-refractivity contribution is 9.09. The van der Waals surface area contributed by atoms with Crippen LogP contribution >= 0.6 is 15.9 Å². The fourth-order valence-electron chi connectivity index (χ4n) is 1.60. The zero-order valence-corrected chi connectivity index (χ0v) is 12.2. The van der Waals surface area contributed by atoms with Crippen molar-refractivity contribution in [2.24, 2.45) is 0 Å². The Hall–Kier alpha value is -1.88. The molecule has 20 heavy (non-hydrogen) atoms. The lowest BCUT2D eigenvalue weighted by molar-refractivity contribution is 0.102. The highest BCUT2D eigenvalue weighted by Crippen LogP contribution is 2.14. The molecule has 3 nitrogen and oxygen atoms in total. The molecular weight excluding hydrogens is 325 g/mol. The monoisotopic (exact) mass is 337 g/mol. The molecule has 104 valence electrons. The molecule has 0 spiro atoms. The van der Waals surface area contributed by atoms with Crippen molar-refractivity contribution in [3.63, 3.8) is 0 Å². The first-order valence-corrected chi connectivity index (χ1v) is 7.17.